The summed E-state index contributed by atoms with van der Waals surface area (Å²) in [4.78, 5) is 36.4. The molecule has 0 aliphatic rings. The molecule has 43 heavy (non-hydrogen) atoms. The van der Waals surface area contributed by atoms with E-state index in [0.717, 1.165) is 36.7 Å². The van der Waals surface area contributed by atoms with Gasteiger partial charge < -0.3 is 25.1 Å². The van der Waals surface area contributed by atoms with Gasteiger partial charge in [0.1, 0.15) is 11.6 Å². The number of carbonyl (C=O) groups excluding carboxylic acids is 2. The predicted molar refractivity (Wildman–Crippen MR) is 152 cm³/mol. The van der Waals surface area contributed by atoms with E-state index in [1.165, 1.54) is 5.56 Å². The van der Waals surface area contributed by atoms with Crippen LogP contribution in [-0.2, 0) is 14.3 Å². The molecule has 0 saturated carbocycles. The Labute approximate surface area is 250 Å². The summed E-state index contributed by atoms with van der Waals surface area (Å²) in [6, 6.07) is 12.0. The summed E-state index contributed by atoms with van der Waals surface area (Å²) in [5.41, 5.74) is 0.821. The highest BCUT2D eigenvalue weighted by molar-refractivity contribution is 7.99. The summed E-state index contributed by atoms with van der Waals surface area (Å²) < 4.78 is 85.9. The van der Waals surface area contributed by atoms with Gasteiger partial charge in [-0.25, -0.2) is 9.59 Å². The number of aromatic nitrogens is 1. The molecule has 0 fully saturated rings. The van der Waals surface area contributed by atoms with Crippen LogP contribution in [0.25, 0.3) is 10.2 Å². The van der Waals surface area contributed by atoms with Gasteiger partial charge in [0.2, 0.25) is 0 Å². The second-order valence-electron chi connectivity index (χ2n) is 9.34. The Morgan fingerprint density at radius 2 is 1.60 bits per heavy atom. The number of fused-ring (bicyclic) bond motifs is 1. The molecule has 0 aliphatic carbocycles. The number of thioether (sulfide) groups is 1. The Hall–Kier alpha value is -3.08. The number of thiazole rings is 1. The number of carbonyl (C=O) groups is 2. The Kier molecular flexibility index (Phi) is 12.5. The van der Waals surface area contributed by atoms with Crippen LogP contribution in [0.3, 0.4) is 0 Å². The maximum absolute atomic E-state index is 13.0. The highest BCUT2D eigenvalue weighted by Gasteiger charge is 2.43. The van der Waals surface area contributed by atoms with E-state index in [9.17, 15) is 40.7 Å². The number of nitrogens with one attached hydrogen (secondary N) is 3. The standard InChI is InChI=1S/C27H29F6N3O5S2/c1-16(17-6-3-2-4-7-17)14-35-11-13-42-12-5-10-34-15-20(41-24(38)27(31,32)33)18-8-9-19(40-23(37)26(28,29)30)21-22(18)43-25(39)36-21/h2-4,6-9,16,20,34-35H,5,10-15H2,1H3,(H,36,39)/t16-,20+/m1/s1. The maximum Gasteiger partial charge on any atom is 0.491 e. The average Bonchev–Trinajstić information content (AvgIpc) is 3.34. The molecule has 236 valence electrons. The van der Waals surface area contributed by atoms with Crippen molar-refractivity contribution in [3.05, 3.63) is 63.3 Å². The van der Waals surface area contributed by atoms with E-state index in [4.69, 9.17) is 0 Å². The smallest absolute Gasteiger partial charge is 0.449 e. The van der Waals surface area contributed by atoms with Crippen molar-refractivity contribution in [2.24, 2.45) is 0 Å². The van der Waals surface area contributed by atoms with Crippen molar-refractivity contribution in [1.82, 2.24) is 15.6 Å². The van der Waals surface area contributed by atoms with Gasteiger partial charge in [-0.3, -0.25) is 4.79 Å². The van der Waals surface area contributed by atoms with Crippen LogP contribution in [0.15, 0.2) is 47.3 Å². The van der Waals surface area contributed by atoms with Crippen LogP contribution >= 0.6 is 23.1 Å². The summed E-state index contributed by atoms with van der Waals surface area (Å²) in [5.74, 6) is -3.72. The Morgan fingerprint density at radius 3 is 2.28 bits per heavy atom. The third-order valence-corrected chi connectivity index (χ3v) is 8.05. The molecule has 0 unspecified atom stereocenters. The molecule has 3 aromatic rings. The van der Waals surface area contributed by atoms with Gasteiger partial charge in [-0.05, 0) is 42.3 Å². The second kappa shape index (κ2) is 15.6. The molecule has 0 radical (unpaired) electrons. The second-order valence-corrected chi connectivity index (χ2v) is 11.5. The zero-order valence-corrected chi connectivity index (χ0v) is 24.4. The SMILES string of the molecule is C[C@H](CNCCSCCCNC[C@H](OC(=O)C(F)(F)F)c1ccc(OC(=O)C(F)(F)F)c2[nH]c(=O)sc12)c1ccccc1. The average molecular weight is 654 g/mol. The van der Waals surface area contributed by atoms with Crippen molar-refractivity contribution in [1.29, 1.82) is 0 Å². The third kappa shape index (κ3) is 10.5. The summed E-state index contributed by atoms with van der Waals surface area (Å²) in [5, 5.41) is 6.33. The topological polar surface area (TPSA) is 110 Å². The van der Waals surface area contributed by atoms with Gasteiger partial charge in [0.15, 0.2) is 5.75 Å². The normalized spacial score (nSPS) is 13.6. The first-order valence-corrected chi connectivity index (χ1v) is 15.0. The fraction of sp³-hybridized carbons (Fsp3) is 0.444. The first-order chi connectivity index (χ1) is 20.3. The van der Waals surface area contributed by atoms with Crippen molar-refractivity contribution in [2.75, 3.05) is 37.7 Å². The van der Waals surface area contributed by atoms with E-state index in [0.29, 0.717) is 30.2 Å². The molecule has 2 aromatic carbocycles. The molecule has 0 spiro atoms. The number of ether oxygens (including phenoxy) is 2. The Morgan fingerprint density at radius 1 is 0.930 bits per heavy atom. The quantitative estimate of drug-likeness (QED) is 0.0877. The van der Waals surface area contributed by atoms with Gasteiger partial charge in [-0.2, -0.15) is 38.1 Å². The monoisotopic (exact) mass is 653 g/mol. The molecule has 3 N–H and O–H groups in total. The maximum atomic E-state index is 13.0. The van der Waals surface area contributed by atoms with E-state index in [1.807, 2.05) is 18.2 Å². The molecular weight excluding hydrogens is 624 g/mol. The van der Waals surface area contributed by atoms with E-state index < -0.39 is 41.0 Å². The molecule has 0 amide bonds. The molecule has 0 bridgehead atoms. The molecule has 8 nitrogen and oxygen atoms in total. The van der Waals surface area contributed by atoms with Crippen molar-refractivity contribution in [2.45, 2.75) is 37.7 Å². The first kappa shape index (κ1) is 34.4. The molecular formula is C27H29F6N3O5S2. The lowest BCUT2D eigenvalue weighted by Gasteiger charge is -2.21. The molecule has 16 heteroatoms. The van der Waals surface area contributed by atoms with Crippen LogP contribution < -0.4 is 20.2 Å². The summed E-state index contributed by atoms with van der Waals surface area (Å²) in [7, 11) is 0. The number of halogens is 6. The van der Waals surface area contributed by atoms with E-state index in [2.05, 4.69) is 44.1 Å². The number of benzene rings is 2. The summed E-state index contributed by atoms with van der Waals surface area (Å²) in [6.45, 7) is 3.85. The number of hydrogen-bond donors (Lipinski definition) is 3. The Bertz CT molecular complexity index is 1410. The lowest BCUT2D eigenvalue weighted by molar-refractivity contribution is -0.205. The third-order valence-electron chi connectivity index (χ3n) is 6.05. The zero-order chi connectivity index (χ0) is 31.6. The highest BCUT2D eigenvalue weighted by Crippen LogP contribution is 2.35. The molecule has 1 heterocycles. The van der Waals surface area contributed by atoms with E-state index in [1.54, 1.807) is 11.8 Å². The fourth-order valence-corrected chi connectivity index (χ4v) is 5.68. The van der Waals surface area contributed by atoms with E-state index in [-0.39, 0.29) is 22.3 Å². The first-order valence-electron chi connectivity index (χ1n) is 13.0. The molecule has 0 saturated heterocycles. The van der Waals surface area contributed by atoms with Crippen LogP contribution in [0.2, 0.25) is 0 Å². The zero-order valence-electron chi connectivity index (χ0n) is 22.8. The number of aromatic amines is 1. The van der Waals surface area contributed by atoms with Gasteiger partial charge in [-0.1, -0.05) is 48.6 Å². The summed E-state index contributed by atoms with van der Waals surface area (Å²) in [6.07, 6.45) is -11.6. The summed E-state index contributed by atoms with van der Waals surface area (Å²) >= 11 is 2.14. The minimum absolute atomic E-state index is 0.0829. The largest absolute Gasteiger partial charge is 0.491 e. The highest BCUT2D eigenvalue weighted by atomic mass is 32.2. The van der Waals surface area contributed by atoms with Crippen molar-refractivity contribution >= 4 is 45.3 Å². The fourth-order valence-electron chi connectivity index (χ4n) is 3.93. The van der Waals surface area contributed by atoms with Crippen molar-refractivity contribution in [3.63, 3.8) is 0 Å². The van der Waals surface area contributed by atoms with Crippen LogP contribution in [0.5, 0.6) is 5.75 Å². The number of alkyl halides is 6. The molecule has 1 aromatic heterocycles. The van der Waals surface area contributed by atoms with Gasteiger partial charge in [0.25, 0.3) is 0 Å². The van der Waals surface area contributed by atoms with Gasteiger partial charge in [0, 0.05) is 31.0 Å². The van der Waals surface area contributed by atoms with Gasteiger partial charge >= 0.3 is 29.2 Å². The van der Waals surface area contributed by atoms with Crippen LogP contribution in [-0.4, -0.2) is 67.0 Å². The number of H-pyrrole nitrogens is 1. The molecule has 3 rings (SSSR count). The minimum Gasteiger partial charge on any atom is -0.449 e. The van der Waals surface area contributed by atoms with E-state index >= 15 is 0 Å². The number of rotatable bonds is 15. The van der Waals surface area contributed by atoms with Crippen LogP contribution in [0, 0.1) is 0 Å². The van der Waals surface area contributed by atoms with Crippen molar-refractivity contribution < 1.29 is 45.4 Å². The Balaban J connectivity index is 1.55. The van der Waals surface area contributed by atoms with Crippen LogP contribution in [0.1, 0.15) is 36.5 Å². The molecule has 0 aliphatic heterocycles. The molecule has 2 atom stereocenters. The number of esters is 2. The number of hydrogen-bond acceptors (Lipinski definition) is 9. The predicted octanol–water partition coefficient (Wildman–Crippen LogP) is 5.31. The van der Waals surface area contributed by atoms with Crippen LogP contribution in [0.4, 0.5) is 26.3 Å². The van der Waals surface area contributed by atoms with Gasteiger partial charge in [0.05, 0.1) is 4.70 Å². The van der Waals surface area contributed by atoms with Gasteiger partial charge in [-0.15, -0.1) is 0 Å². The minimum atomic E-state index is -5.33. The lowest BCUT2D eigenvalue weighted by atomic mass is 10.0. The lowest BCUT2D eigenvalue weighted by Crippen LogP contribution is -2.32. The van der Waals surface area contributed by atoms with Crippen molar-refractivity contribution in [3.8, 4) is 5.75 Å².